The van der Waals surface area contributed by atoms with E-state index in [2.05, 4.69) is 18.6 Å². The summed E-state index contributed by atoms with van der Waals surface area (Å²) < 4.78 is 7.33. The van der Waals surface area contributed by atoms with Crippen molar-refractivity contribution < 1.29 is 9.53 Å². The number of nitrogens with zero attached hydrogens (tertiary/aromatic N) is 2. The normalized spacial score (nSPS) is 15.4. The molecule has 1 N–H and O–H groups in total. The van der Waals surface area contributed by atoms with Crippen molar-refractivity contribution in [3.05, 3.63) is 77.2 Å². The lowest BCUT2D eigenvalue weighted by molar-refractivity contribution is 0.0639. The van der Waals surface area contributed by atoms with Gasteiger partial charge in [-0.3, -0.25) is 14.3 Å². The predicted molar refractivity (Wildman–Crippen MR) is 103 cm³/mol. The van der Waals surface area contributed by atoms with Gasteiger partial charge in [0.05, 0.1) is 0 Å². The van der Waals surface area contributed by atoms with Crippen LogP contribution in [0.15, 0.2) is 60.5 Å². The molecular formula is C20H25N3O3. The van der Waals surface area contributed by atoms with Gasteiger partial charge in [0.2, 0.25) is 5.43 Å². The zero-order chi connectivity index (χ0) is 19.1. The van der Waals surface area contributed by atoms with Gasteiger partial charge in [0.15, 0.2) is 11.4 Å². The van der Waals surface area contributed by atoms with Gasteiger partial charge in [-0.2, -0.15) is 0 Å². The van der Waals surface area contributed by atoms with Crippen LogP contribution in [0.25, 0.3) is 0 Å². The van der Waals surface area contributed by atoms with Gasteiger partial charge in [0.25, 0.3) is 5.91 Å². The van der Waals surface area contributed by atoms with Crippen LogP contribution in [0.5, 0.6) is 5.75 Å². The Balaban J connectivity index is 0.00000117. The summed E-state index contributed by atoms with van der Waals surface area (Å²) in [7, 11) is 0. The van der Waals surface area contributed by atoms with Crippen LogP contribution < -0.4 is 15.6 Å². The first-order valence-corrected chi connectivity index (χ1v) is 8.65. The number of carbonyl (C=O) groups is 1. The van der Waals surface area contributed by atoms with E-state index in [0.29, 0.717) is 6.54 Å². The molecule has 26 heavy (non-hydrogen) atoms. The Kier molecular flexibility index (Phi) is 6.60. The predicted octanol–water partition coefficient (Wildman–Crippen LogP) is 2.98. The molecule has 1 aromatic carbocycles. The van der Waals surface area contributed by atoms with E-state index in [4.69, 9.17) is 4.74 Å². The standard InChI is InChI=1S/C18H21N3O3.C2H4/c1-3-15-19-21-11-10-14(22)17(16(21)18(23)20(15)4-2)24-12-13-8-6-5-7-9-13;1-2/h5-11,15,19H,3-4,12H2,1-2H3;1-2H2/t15-;/m0./s1. The van der Waals surface area contributed by atoms with Crippen molar-refractivity contribution in [1.29, 1.82) is 0 Å². The molecule has 3 rings (SSSR count). The number of benzene rings is 1. The summed E-state index contributed by atoms with van der Waals surface area (Å²) in [5.41, 5.74) is 4.15. The van der Waals surface area contributed by atoms with Crippen LogP contribution in [0.4, 0.5) is 0 Å². The number of ether oxygens (including phenoxy) is 1. The van der Waals surface area contributed by atoms with Crippen molar-refractivity contribution in [2.45, 2.75) is 33.0 Å². The molecule has 1 amide bonds. The summed E-state index contributed by atoms with van der Waals surface area (Å²) in [4.78, 5) is 26.8. The summed E-state index contributed by atoms with van der Waals surface area (Å²) in [5, 5.41) is 0. The van der Waals surface area contributed by atoms with Gasteiger partial charge in [0, 0.05) is 18.8 Å². The maximum Gasteiger partial charge on any atom is 0.278 e. The van der Waals surface area contributed by atoms with Crippen molar-refractivity contribution in [3.63, 3.8) is 0 Å². The van der Waals surface area contributed by atoms with Gasteiger partial charge in [-0.05, 0) is 18.9 Å². The molecule has 6 nitrogen and oxygen atoms in total. The van der Waals surface area contributed by atoms with Gasteiger partial charge < -0.3 is 15.1 Å². The van der Waals surface area contributed by atoms with Crippen molar-refractivity contribution in [3.8, 4) is 5.75 Å². The fourth-order valence-corrected chi connectivity index (χ4v) is 2.88. The number of fused-ring (bicyclic) bond motifs is 1. The van der Waals surface area contributed by atoms with Gasteiger partial charge in [0.1, 0.15) is 12.8 Å². The Bertz CT molecular complexity index is 802. The zero-order valence-corrected chi connectivity index (χ0v) is 15.3. The molecule has 1 aromatic heterocycles. The Morgan fingerprint density at radius 2 is 1.81 bits per heavy atom. The first-order chi connectivity index (χ1) is 12.7. The molecule has 0 saturated heterocycles. The Labute approximate surface area is 153 Å². The fourth-order valence-electron chi connectivity index (χ4n) is 2.88. The van der Waals surface area contributed by atoms with E-state index < -0.39 is 0 Å². The molecule has 0 radical (unpaired) electrons. The van der Waals surface area contributed by atoms with E-state index in [1.807, 2.05) is 44.2 Å². The van der Waals surface area contributed by atoms with Crippen LogP contribution in [0.1, 0.15) is 36.3 Å². The Morgan fingerprint density at radius 3 is 2.42 bits per heavy atom. The average molecular weight is 355 g/mol. The average Bonchev–Trinajstić information content (AvgIpc) is 2.69. The van der Waals surface area contributed by atoms with Crippen LogP contribution in [0.2, 0.25) is 0 Å². The first kappa shape index (κ1) is 19.3. The van der Waals surface area contributed by atoms with Crippen molar-refractivity contribution >= 4 is 5.91 Å². The smallest absolute Gasteiger partial charge is 0.278 e. The van der Waals surface area contributed by atoms with E-state index in [1.165, 1.54) is 6.07 Å². The molecule has 1 aliphatic heterocycles. The molecule has 0 unspecified atom stereocenters. The maximum absolute atomic E-state index is 12.8. The molecule has 1 atom stereocenters. The monoisotopic (exact) mass is 355 g/mol. The van der Waals surface area contributed by atoms with Crippen molar-refractivity contribution in [1.82, 2.24) is 9.58 Å². The highest BCUT2D eigenvalue weighted by Crippen LogP contribution is 2.22. The van der Waals surface area contributed by atoms with E-state index in [9.17, 15) is 9.59 Å². The van der Waals surface area contributed by atoms with Crippen molar-refractivity contribution in [2.75, 3.05) is 12.0 Å². The second-order valence-electron chi connectivity index (χ2n) is 5.65. The number of nitrogens with one attached hydrogen (secondary N) is 1. The number of aromatic nitrogens is 1. The first-order valence-electron chi connectivity index (χ1n) is 8.65. The SMILES string of the molecule is C=C.CC[C@H]1Nn2ccc(=O)c(OCc3ccccc3)c2C(=O)N1CC. The van der Waals surface area contributed by atoms with E-state index in [1.54, 1.807) is 15.8 Å². The summed E-state index contributed by atoms with van der Waals surface area (Å²) >= 11 is 0. The lowest BCUT2D eigenvalue weighted by Crippen LogP contribution is -2.53. The second kappa shape index (κ2) is 8.89. The lowest BCUT2D eigenvalue weighted by atomic mass is 10.2. The molecule has 0 saturated carbocycles. The Hall–Kier alpha value is -3.02. The number of hydrogen-bond acceptors (Lipinski definition) is 4. The Morgan fingerprint density at radius 1 is 1.12 bits per heavy atom. The molecule has 0 aliphatic carbocycles. The molecule has 0 bridgehead atoms. The molecular weight excluding hydrogens is 330 g/mol. The molecule has 1 aliphatic rings. The molecule has 6 heteroatoms. The minimum absolute atomic E-state index is 0.0897. The quantitative estimate of drug-likeness (QED) is 0.838. The topological polar surface area (TPSA) is 63.6 Å². The molecule has 0 fully saturated rings. The summed E-state index contributed by atoms with van der Waals surface area (Å²) in [5.74, 6) is -0.101. The third-order valence-corrected chi connectivity index (χ3v) is 4.14. The number of carbonyl (C=O) groups excluding carboxylic acids is 1. The highest BCUT2D eigenvalue weighted by molar-refractivity contribution is 5.96. The molecule has 0 spiro atoms. The van der Waals surface area contributed by atoms with Gasteiger partial charge in [-0.25, -0.2) is 0 Å². The number of hydrogen-bond donors (Lipinski definition) is 1. The van der Waals surface area contributed by atoms with Crippen LogP contribution in [-0.2, 0) is 6.61 Å². The second-order valence-corrected chi connectivity index (χ2v) is 5.65. The van der Waals surface area contributed by atoms with Crippen molar-refractivity contribution in [2.24, 2.45) is 0 Å². The van der Waals surface area contributed by atoms with E-state index in [0.717, 1.165) is 12.0 Å². The molecule has 138 valence electrons. The van der Waals surface area contributed by atoms with Gasteiger partial charge >= 0.3 is 0 Å². The number of pyridine rings is 1. The third-order valence-electron chi connectivity index (χ3n) is 4.14. The molecule has 2 aromatic rings. The minimum atomic E-state index is -0.293. The van der Waals surface area contributed by atoms with E-state index >= 15 is 0 Å². The molecule has 2 heterocycles. The van der Waals surface area contributed by atoms with Gasteiger partial charge in [-0.15, -0.1) is 13.2 Å². The maximum atomic E-state index is 12.8. The van der Waals surface area contributed by atoms with Gasteiger partial charge in [-0.1, -0.05) is 37.3 Å². The summed E-state index contributed by atoms with van der Waals surface area (Å²) in [6, 6.07) is 11.0. The van der Waals surface area contributed by atoms with Crippen LogP contribution in [0.3, 0.4) is 0 Å². The van der Waals surface area contributed by atoms with Crippen LogP contribution in [0, 0.1) is 0 Å². The highest BCUT2D eigenvalue weighted by atomic mass is 16.5. The fraction of sp³-hybridized carbons (Fsp3) is 0.300. The number of amides is 1. The van der Waals surface area contributed by atoms with E-state index in [-0.39, 0.29) is 35.6 Å². The third kappa shape index (κ3) is 3.79. The largest absolute Gasteiger partial charge is 0.482 e. The summed E-state index contributed by atoms with van der Waals surface area (Å²) in [6.07, 6.45) is 2.26. The highest BCUT2D eigenvalue weighted by Gasteiger charge is 2.33. The summed E-state index contributed by atoms with van der Waals surface area (Å²) in [6.45, 7) is 10.7. The lowest BCUT2D eigenvalue weighted by Gasteiger charge is -2.38. The number of rotatable bonds is 5. The zero-order valence-electron chi connectivity index (χ0n) is 15.3. The van der Waals surface area contributed by atoms with Crippen LogP contribution >= 0.6 is 0 Å². The van der Waals surface area contributed by atoms with Crippen LogP contribution in [-0.4, -0.2) is 28.2 Å². The minimum Gasteiger partial charge on any atom is -0.482 e.